The molecule has 3 nitrogen and oxygen atoms in total. The van der Waals surface area contributed by atoms with Gasteiger partial charge in [0, 0.05) is 21.8 Å². The first kappa shape index (κ1) is 16.9. The van der Waals surface area contributed by atoms with Gasteiger partial charge in [-0.05, 0) is 29.8 Å². The first-order valence-corrected chi connectivity index (χ1v) is 8.24. The van der Waals surface area contributed by atoms with E-state index in [2.05, 4.69) is 5.32 Å². The summed E-state index contributed by atoms with van der Waals surface area (Å²) < 4.78 is 0. The zero-order valence-corrected chi connectivity index (χ0v) is 14.2. The van der Waals surface area contributed by atoms with Gasteiger partial charge in [-0.1, -0.05) is 66.2 Å². The minimum atomic E-state index is -0.147. The minimum Gasteiger partial charge on any atom is -0.326 e. The summed E-state index contributed by atoms with van der Waals surface area (Å²) in [5.74, 6) is -0.221. The first-order chi connectivity index (χ1) is 12.1. The highest BCUT2D eigenvalue weighted by Crippen LogP contribution is 2.16. The smallest absolute Gasteiger partial charge is 0.228 e. The van der Waals surface area contributed by atoms with Crippen LogP contribution in [0.3, 0.4) is 0 Å². The molecular weight excluding hydrogens is 334 g/mol. The molecule has 0 fully saturated rings. The van der Waals surface area contributed by atoms with Crippen LogP contribution in [0.4, 0.5) is 5.69 Å². The van der Waals surface area contributed by atoms with Crippen LogP contribution in [0.15, 0.2) is 78.9 Å². The van der Waals surface area contributed by atoms with Gasteiger partial charge in [-0.2, -0.15) is 0 Å². The molecule has 0 atom stereocenters. The molecule has 0 spiro atoms. The third-order valence-corrected chi connectivity index (χ3v) is 3.97. The third-order valence-electron chi connectivity index (χ3n) is 3.72. The van der Waals surface area contributed by atoms with Crippen molar-refractivity contribution in [2.45, 2.75) is 6.42 Å². The van der Waals surface area contributed by atoms with Crippen LogP contribution >= 0.6 is 11.6 Å². The van der Waals surface area contributed by atoms with Crippen LogP contribution < -0.4 is 5.32 Å². The van der Waals surface area contributed by atoms with Crippen LogP contribution in [0.1, 0.15) is 21.5 Å². The molecule has 1 amide bonds. The van der Waals surface area contributed by atoms with E-state index < -0.39 is 0 Å². The Labute approximate surface area is 151 Å². The maximum absolute atomic E-state index is 12.5. The molecular formula is C21H16ClNO2. The Hall–Kier alpha value is -2.91. The van der Waals surface area contributed by atoms with Crippen molar-refractivity contribution in [1.29, 1.82) is 0 Å². The highest BCUT2D eigenvalue weighted by Gasteiger charge is 2.10. The number of rotatable bonds is 5. The van der Waals surface area contributed by atoms with E-state index in [9.17, 15) is 9.59 Å². The Kier molecular flexibility index (Phi) is 5.26. The number of amides is 1. The molecule has 0 unspecified atom stereocenters. The Morgan fingerprint density at radius 2 is 1.48 bits per heavy atom. The SMILES string of the molecule is O=C(Cc1ccc(Cl)cc1)Nc1cccc(C(=O)c2ccccc2)c1. The van der Waals surface area contributed by atoms with Crippen molar-refractivity contribution < 1.29 is 9.59 Å². The number of hydrogen-bond acceptors (Lipinski definition) is 2. The summed E-state index contributed by atoms with van der Waals surface area (Å²) in [7, 11) is 0. The lowest BCUT2D eigenvalue weighted by molar-refractivity contribution is -0.115. The molecule has 1 N–H and O–H groups in total. The van der Waals surface area contributed by atoms with E-state index in [1.165, 1.54) is 0 Å². The van der Waals surface area contributed by atoms with Crippen LogP contribution in [0.25, 0.3) is 0 Å². The van der Waals surface area contributed by atoms with Gasteiger partial charge in [-0.25, -0.2) is 0 Å². The fourth-order valence-electron chi connectivity index (χ4n) is 2.49. The summed E-state index contributed by atoms with van der Waals surface area (Å²) in [5, 5.41) is 3.46. The van der Waals surface area contributed by atoms with Gasteiger partial charge in [0.1, 0.15) is 0 Å². The van der Waals surface area contributed by atoms with Crippen molar-refractivity contribution >= 4 is 29.0 Å². The third kappa shape index (κ3) is 4.55. The summed E-state index contributed by atoms with van der Waals surface area (Å²) in [4.78, 5) is 24.7. The van der Waals surface area contributed by atoms with Crippen molar-refractivity contribution in [2.75, 3.05) is 5.32 Å². The number of ketones is 1. The fraction of sp³-hybridized carbons (Fsp3) is 0.0476. The topological polar surface area (TPSA) is 46.2 Å². The van der Waals surface area contributed by atoms with Crippen LogP contribution in [0.5, 0.6) is 0 Å². The number of benzene rings is 3. The summed E-state index contributed by atoms with van der Waals surface area (Å²) in [5.41, 5.74) is 2.63. The minimum absolute atomic E-state index is 0.0746. The largest absolute Gasteiger partial charge is 0.326 e. The highest BCUT2D eigenvalue weighted by molar-refractivity contribution is 6.30. The number of halogens is 1. The van der Waals surface area contributed by atoms with Crippen LogP contribution in [0, 0.1) is 0 Å². The van der Waals surface area contributed by atoms with Crippen LogP contribution in [-0.2, 0) is 11.2 Å². The molecule has 3 aromatic carbocycles. The van der Waals surface area contributed by atoms with Gasteiger partial charge in [0.25, 0.3) is 0 Å². The predicted octanol–water partition coefficient (Wildman–Crippen LogP) is 4.75. The molecule has 0 aromatic heterocycles. The zero-order chi connectivity index (χ0) is 17.6. The number of nitrogens with one attached hydrogen (secondary N) is 1. The number of hydrogen-bond donors (Lipinski definition) is 1. The van der Waals surface area contributed by atoms with Crippen LogP contribution in [-0.4, -0.2) is 11.7 Å². The lowest BCUT2D eigenvalue weighted by Gasteiger charge is -2.08. The maximum Gasteiger partial charge on any atom is 0.228 e. The Bertz CT molecular complexity index is 889. The molecule has 0 radical (unpaired) electrons. The van der Waals surface area contributed by atoms with E-state index in [0.29, 0.717) is 21.8 Å². The van der Waals surface area contributed by atoms with Gasteiger partial charge >= 0.3 is 0 Å². The second kappa shape index (κ2) is 7.77. The summed E-state index contributed by atoms with van der Waals surface area (Å²) in [6.45, 7) is 0. The van der Waals surface area contributed by atoms with Gasteiger partial charge in [-0.15, -0.1) is 0 Å². The first-order valence-electron chi connectivity index (χ1n) is 7.86. The van der Waals surface area contributed by atoms with E-state index in [0.717, 1.165) is 5.56 Å². The predicted molar refractivity (Wildman–Crippen MR) is 100 cm³/mol. The molecule has 3 rings (SSSR count). The van der Waals surface area contributed by atoms with Crippen LogP contribution in [0.2, 0.25) is 5.02 Å². The summed E-state index contributed by atoms with van der Waals surface area (Å²) >= 11 is 5.84. The van der Waals surface area contributed by atoms with Crippen molar-refractivity contribution in [2.24, 2.45) is 0 Å². The van der Waals surface area contributed by atoms with Gasteiger partial charge < -0.3 is 5.32 Å². The van der Waals surface area contributed by atoms with E-state index in [-0.39, 0.29) is 18.1 Å². The van der Waals surface area contributed by atoms with Crippen molar-refractivity contribution in [1.82, 2.24) is 0 Å². The molecule has 0 aliphatic heterocycles. The molecule has 0 aliphatic carbocycles. The molecule has 0 saturated carbocycles. The molecule has 25 heavy (non-hydrogen) atoms. The standard InChI is InChI=1S/C21H16ClNO2/c22-18-11-9-15(10-12-18)13-20(24)23-19-8-4-7-17(14-19)21(25)16-5-2-1-3-6-16/h1-12,14H,13H2,(H,23,24). The molecule has 4 heteroatoms. The molecule has 124 valence electrons. The van der Waals surface area contributed by atoms with E-state index in [4.69, 9.17) is 11.6 Å². The molecule has 3 aromatic rings. The molecule has 0 bridgehead atoms. The average molecular weight is 350 g/mol. The highest BCUT2D eigenvalue weighted by atomic mass is 35.5. The normalized spacial score (nSPS) is 10.3. The number of carbonyl (C=O) groups excluding carboxylic acids is 2. The van der Waals surface area contributed by atoms with Gasteiger partial charge in [0.2, 0.25) is 5.91 Å². The lowest BCUT2D eigenvalue weighted by atomic mass is 10.0. The number of anilines is 1. The van der Waals surface area contributed by atoms with E-state index in [1.54, 1.807) is 48.5 Å². The Morgan fingerprint density at radius 1 is 0.800 bits per heavy atom. The quantitative estimate of drug-likeness (QED) is 0.675. The van der Waals surface area contributed by atoms with Gasteiger partial charge in [0.05, 0.1) is 6.42 Å². The van der Waals surface area contributed by atoms with E-state index in [1.807, 2.05) is 30.3 Å². The summed E-state index contributed by atoms with van der Waals surface area (Å²) in [6, 6.07) is 23.2. The fourth-order valence-corrected chi connectivity index (χ4v) is 2.61. The second-order valence-corrected chi connectivity index (χ2v) is 6.06. The summed E-state index contributed by atoms with van der Waals surface area (Å²) in [6.07, 6.45) is 0.244. The van der Waals surface area contributed by atoms with E-state index >= 15 is 0 Å². The van der Waals surface area contributed by atoms with Gasteiger partial charge in [0.15, 0.2) is 5.78 Å². The monoisotopic (exact) mass is 349 g/mol. The molecule has 0 heterocycles. The zero-order valence-electron chi connectivity index (χ0n) is 13.4. The Balaban J connectivity index is 1.70. The second-order valence-electron chi connectivity index (χ2n) is 5.63. The number of carbonyl (C=O) groups is 2. The van der Waals surface area contributed by atoms with Crippen molar-refractivity contribution in [3.05, 3.63) is 101 Å². The molecule has 0 saturated heterocycles. The van der Waals surface area contributed by atoms with Gasteiger partial charge in [-0.3, -0.25) is 9.59 Å². The maximum atomic E-state index is 12.5. The molecule has 0 aliphatic rings. The lowest BCUT2D eigenvalue weighted by Crippen LogP contribution is -2.14. The Morgan fingerprint density at radius 3 is 2.20 bits per heavy atom. The van der Waals surface area contributed by atoms with Crippen molar-refractivity contribution in [3.63, 3.8) is 0 Å². The average Bonchev–Trinajstić information content (AvgIpc) is 2.64. The van der Waals surface area contributed by atoms with Crippen molar-refractivity contribution in [3.8, 4) is 0 Å².